The molecule has 1 aliphatic heterocycles. The summed E-state index contributed by atoms with van der Waals surface area (Å²) in [4.78, 5) is 35.6. The lowest BCUT2D eigenvalue weighted by Gasteiger charge is -2.32. The van der Waals surface area contributed by atoms with E-state index in [1.54, 1.807) is 18.1 Å². The van der Waals surface area contributed by atoms with Crippen LogP contribution in [-0.4, -0.2) is 56.7 Å². The highest BCUT2D eigenvalue weighted by Crippen LogP contribution is 2.34. The van der Waals surface area contributed by atoms with E-state index in [4.69, 9.17) is 15.6 Å². The molecule has 5 rings (SSSR count). The van der Waals surface area contributed by atoms with Crippen LogP contribution in [0.4, 0.5) is 5.82 Å². The Hall–Kier alpha value is -4.73. The van der Waals surface area contributed by atoms with E-state index >= 15 is 0 Å². The molecule has 1 atom stereocenters. The van der Waals surface area contributed by atoms with E-state index in [2.05, 4.69) is 21.9 Å². The lowest BCUT2D eigenvalue weighted by atomic mass is 10.1. The molecule has 0 bridgehead atoms. The summed E-state index contributed by atoms with van der Waals surface area (Å²) in [7, 11) is 1.55. The number of rotatable bonds is 7. The zero-order chi connectivity index (χ0) is 27.5. The number of anilines is 1. The second-order valence-corrected chi connectivity index (χ2v) is 9.57. The van der Waals surface area contributed by atoms with Crippen LogP contribution >= 0.6 is 0 Å². The van der Waals surface area contributed by atoms with Gasteiger partial charge in [-0.2, -0.15) is 5.10 Å². The van der Waals surface area contributed by atoms with Crippen LogP contribution in [0.25, 0.3) is 22.3 Å². The molecule has 10 heteroatoms. The van der Waals surface area contributed by atoms with E-state index in [0.717, 1.165) is 29.5 Å². The predicted molar refractivity (Wildman–Crippen MR) is 149 cm³/mol. The Bertz CT molecular complexity index is 1540. The Kier molecular flexibility index (Phi) is 7.27. The number of aromatic nitrogens is 4. The number of hydrogen-bond acceptors (Lipinski definition) is 7. The van der Waals surface area contributed by atoms with Gasteiger partial charge in [0.25, 0.3) is 5.91 Å². The van der Waals surface area contributed by atoms with Gasteiger partial charge < -0.3 is 20.7 Å². The number of piperidine rings is 1. The van der Waals surface area contributed by atoms with Crippen molar-refractivity contribution in [3.8, 4) is 17.0 Å². The van der Waals surface area contributed by atoms with Gasteiger partial charge in [-0.25, -0.2) is 14.6 Å². The van der Waals surface area contributed by atoms with Gasteiger partial charge in [0, 0.05) is 25.2 Å². The number of nitrogens with one attached hydrogen (secondary N) is 1. The Morgan fingerprint density at radius 3 is 2.74 bits per heavy atom. The van der Waals surface area contributed by atoms with Gasteiger partial charge in [0.15, 0.2) is 5.65 Å². The average molecular weight is 526 g/mol. The monoisotopic (exact) mass is 525 g/mol. The molecule has 39 heavy (non-hydrogen) atoms. The third kappa shape index (κ3) is 5.05. The molecule has 0 radical (unpaired) electrons. The lowest BCUT2D eigenvalue weighted by Crippen LogP contribution is -2.40. The maximum Gasteiger partial charge on any atom is 0.255 e. The van der Waals surface area contributed by atoms with Crippen molar-refractivity contribution in [3.63, 3.8) is 0 Å². The number of benzene rings is 2. The number of hydrogen-bond donors (Lipinski definition) is 2. The van der Waals surface area contributed by atoms with Crippen molar-refractivity contribution in [1.29, 1.82) is 0 Å². The molecule has 1 unspecified atom stereocenters. The SMILES string of the molecule is C=CC(=O)N1CCCC(n2nc(-c3ccc(CNC(=O)c4c(C)cccc4OC)cc3)c3c(N)ncnc32)C1. The van der Waals surface area contributed by atoms with Crippen molar-refractivity contribution < 1.29 is 14.3 Å². The highest BCUT2D eigenvalue weighted by Gasteiger charge is 2.28. The molecule has 3 N–H and O–H groups in total. The summed E-state index contributed by atoms with van der Waals surface area (Å²) < 4.78 is 7.23. The minimum absolute atomic E-state index is 0.0406. The number of nitrogens with two attached hydrogens (primary N) is 1. The van der Waals surface area contributed by atoms with Crippen LogP contribution in [0, 0.1) is 6.92 Å². The van der Waals surface area contributed by atoms with E-state index in [-0.39, 0.29) is 17.9 Å². The minimum Gasteiger partial charge on any atom is -0.496 e. The molecule has 2 aromatic heterocycles. The minimum atomic E-state index is -0.194. The number of fused-ring (bicyclic) bond motifs is 1. The third-order valence-corrected chi connectivity index (χ3v) is 7.11. The topological polar surface area (TPSA) is 128 Å². The first-order valence-corrected chi connectivity index (χ1v) is 12.8. The number of methoxy groups -OCH3 is 1. The number of aryl methyl sites for hydroxylation is 1. The summed E-state index contributed by atoms with van der Waals surface area (Å²) in [6, 6.07) is 13.3. The zero-order valence-corrected chi connectivity index (χ0v) is 22.1. The Morgan fingerprint density at radius 1 is 1.21 bits per heavy atom. The van der Waals surface area contributed by atoms with Crippen LogP contribution in [0.1, 0.15) is 40.4 Å². The maximum absolute atomic E-state index is 12.9. The second-order valence-electron chi connectivity index (χ2n) is 9.57. The van der Waals surface area contributed by atoms with Gasteiger partial charge in [-0.15, -0.1) is 0 Å². The Balaban J connectivity index is 1.39. The molecular weight excluding hydrogens is 494 g/mol. The molecule has 4 aromatic rings. The van der Waals surface area contributed by atoms with Gasteiger partial charge in [0.05, 0.1) is 24.1 Å². The van der Waals surface area contributed by atoms with Gasteiger partial charge in [-0.1, -0.05) is 43.0 Å². The Labute approximate surface area is 226 Å². The largest absolute Gasteiger partial charge is 0.496 e. The van der Waals surface area contributed by atoms with E-state index in [0.29, 0.717) is 53.5 Å². The van der Waals surface area contributed by atoms with E-state index in [1.807, 2.05) is 48.0 Å². The molecular formula is C29H31N7O3. The van der Waals surface area contributed by atoms with Crippen molar-refractivity contribution in [2.24, 2.45) is 0 Å². The number of amides is 2. The molecule has 0 spiro atoms. The van der Waals surface area contributed by atoms with Crippen LogP contribution < -0.4 is 15.8 Å². The van der Waals surface area contributed by atoms with Crippen LogP contribution in [0.3, 0.4) is 0 Å². The van der Waals surface area contributed by atoms with Gasteiger partial charge in [0.2, 0.25) is 5.91 Å². The summed E-state index contributed by atoms with van der Waals surface area (Å²) in [6.45, 7) is 7.07. The van der Waals surface area contributed by atoms with Gasteiger partial charge >= 0.3 is 0 Å². The summed E-state index contributed by atoms with van der Waals surface area (Å²) in [5, 5.41) is 8.58. The first-order chi connectivity index (χ1) is 18.9. The maximum atomic E-state index is 12.9. The Morgan fingerprint density at radius 2 is 2.00 bits per heavy atom. The summed E-state index contributed by atoms with van der Waals surface area (Å²) >= 11 is 0. The van der Waals surface area contributed by atoms with Gasteiger partial charge in [0.1, 0.15) is 23.6 Å². The number of ether oxygens (including phenoxy) is 1. The van der Waals surface area contributed by atoms with Crippen LogP contribution in [0.2, 0.25) is 0 Å². The molecule has 3 heterocycles. The van der Waals surface area contributed by atoms with Crippen molar-refractivity contribution >= 4 is 28.7 Å². The molecule has 2 amide bonds. The number of likely N-dealkylation sites (tertiary alicyclic amines) is 1. The summed E-state index contributed by atoms with van der Waals surface area (Å²) in [5.41, 5.74) is 10.8. The molecule has 1 fully saturated rings. The highest BCUT2D eigenvalue weighted by atomic mass is 16.5. The fourth-order valence-electron chi connectivity index (χ4n) is 5.09. The number of carbonyl (C=O) groups is 2. The van der Waals surface area contributed by atoms with Crippen LogP contribution in [-0.2, 0) is 11.3 Å². The summed E-state index contributed by atoms with van der Waals surface area (Å²) in [6.07, 6.45) is 4.50. The number of nitrogens with zero attached hydrogens (tertiary/aromatic N) is 5. The lowest BCUT2D eigenvalue weighted by molar-refractivity contribution is -0.127. The van der Waals surface area contributed by atoms with Crippen molar-refractivity contribution in [1.82, 2.24) is 30.0 Å². The van der Waals surface area contributed by atoms with Crippen molar-refractivity contribution in [2.75, 3.05) is 25.9 Å². The van der Waals surface area contributed by atoms with Gasteiger partial charge in [-0.3, -0.25) is 9.59 Å². The smallest absolute Gasteiger partial charge is 0.255 e. The number of carbonyl (C=O) groups excluding carboxylic acids is 2. The van der Waals surface area contributed by atoms with Crippen molar-refractivity contribution in [2.45, 2.75) is 32.4 Å². The quantitative estimate of drug-likeness (QED) is 0.352. The second kappa shape index (κ2) is 10.9. The number of nitrogen functional groups attached to an aromatic ring is 1. The highest BCUT2D eigenvalue weighted by molar-refractivity contribution is 5.99. The van der Waals surface area contributed by atoms with Gasteiger partial charge in [-0.05, 0) is 43.0 Å². The first kappa shape index (κ1) is 25.9. The van der Waals surface area contributed by atoms with E-state index < -0.39 is 0 Å². The fraction of sp³-hybridized carbons (Fsp3) is 0.276. The van der Waals surface area contributed by atoms with Crippen LogP contribution in [0.5, 0.6) is 5.75 Å². The normalized spacial score (nSPS) is 15.2. The average Bonchev–Trinajstić information content (AvgIpc) is 3.36. The molecule has 10 nitrogen and oxygen atoms in total. The predicted octanol–water partition coefficient (Wildman–Crippen LogP) is 3.67. The molecule has 0 aliphatic carbocycles. The fourth-order valence-corrected chi connectivity index (χ4v) is 5.09. The van der Waals surface area contributed by atoms with Crippen molar-refractivity contribution in [3.05, 3.63) is 78.1 Å². The van der Waals surface area contributed by atoms with Crippen LogP contribution in [0.15, 0.2) is 61.4 Å². The van der Waals surface area contributed by atoms with E-state index in [9.17, 15) is 9.59 Å². The molecule has 0 saturated carbocycles. The molecule has 1 saturated heterocycles. The molecule has 200 valence electrons. The zero-order valence-electron chi connectivity index (χ0n) is 22.1. The summed E-state index contributed by atoms with van der Waals surface area (Å²) in [5.74, 6) is 0.605. The van der Waals surface area contributed by atoms with E-state index in [1.165, 1.54) is 12.4 Å². The molecule has 2 aromatic carbocycles. The third-order valence-electron chi connectivity index (χ3n) is 7.11. The molecule has 1 aliphatic rings. The standard InChI is InChI=1S/C29H31N7O3/c1-4-23(37)35-14-6-8-21(16-35)36-28-25(27(30)32-17-33-28)26(34-36)20-12-10-19(11-13-20)15-31-29(38)24-18(2)7-5-9-22(24)39-3/h4-5,7,9-13,17,21H,1,6,8,14-16H2,2-3H3,(H,31,38)(H2,30,32,33). The first-order valence-electron chi connectivity index (χ1n) is 12.8.